The van der Waals surface area contributed by atoms with Crippen LogP contribution < -0.4 is 0 Å². The molecule has 12 heavy (non-hydrogen) atoms. The molecular weight excluding hydrogens is 152 g/mol. The predicted octanol–water partition coefficient (Wildman–Crippen LogP) is 1.57. The van der Waals surface area contributed by atoms with Crippen molar-refractivity contribution in [2.75, 3.05) is 6.61 Å². The Bertz CT molecular complexity index is 170. The maximum absolute atomic E-state index is 8.54. The molecule has 0 saturated carbocycles. The molecule has 0 radical (unpaired) electrons. The van der Waals surface area contributed by atoms with Gasteiger partial charge in [0.15, 0.2) is 0 Å². The van der Waals surface area contributed by atoms with Gasteiger partial charge in [0, 0.05) is 6.61 Å². The van der Waals surface area contributed by atoms with E-state index in [4.69, 9.17) is 10.2 Å². The summed E-state index contributed by atoms with van der Waals surface area (Å²) in [5.41, 5.74) is 0.965. The first-order chi connectivity index (χ1) is 5.85. The van der Waals surface area contributed by atoms with Crippen LogP contribution in [0.1, 0.15) is 18.9 Å². The van der Waals surface area contributed by atoms with E-state index in [0.29, 0.717) is 6.61 Å². The second-order valence-corrected chi connectivity index (χ2v) is 2.37. The fourth-order valence-electron chi connectivity index (χ4n) is 0.583. The highest BCUT2D eigenvalue weighted by Gasteiger charge is 1.81. The van der Waals surface area contributed by atoms with Crippen LogP contribution in [-0.4, -0.2) is 16.8 Å². The van der Waals surface area contributed by atoms with Crippen LogP contribution in [-0.2, 0) is 6.61 Å². The van der Waals surface area contributed by atoms with Crippen molar-refractivity contribution in [2.45, 2.75) is 20.0 Å². The first kappa shape index (κ1) is 11.1. The van der Waals surface area contributed by atoms with Crippen LogP contribution in [0.2, 0.25) is 0 Å². The second-order valence-electron chi connectivity index (χ2n) is 2.37. The van der Waals surface area contributed by atoms with Gasteiger partial charge in [0.2, 0.25) is 0 Å². The van der Waals surface area contributed by atoms with Crippen molar-refractivity contribution < 1.29 is 10.2 Å². The van der Waals surface area contributed by atoms with Gasteiger partial charge in [-0.3, -0.25) is 0 Å². The van der Waals surface area contributed by atoms with Gasteiger partial charge < -0.3 is 10.2 Å². The average Bonchev–Trinajstić information content (AvgIpc) is 2.19. The third kappa shape index (κ3) is 5.89. The molecule has 2 nitrogen and oxygen atoms in total. The lowest BCUT2D eigenvalue weighted by Gasteiger charge is -1.89. The lowest BCUT2D eigenvalue weighted by atomic mass is 10.2. The molecule has 2 N–H and O–H groups in total. The predicted molar refractivity (Wildman–Crippen MR) is 49.7 cm³/mol. The Labute approximate surface area is 73.5 Å². The molecule has 0 aliphatic heterocycles. The number of benzene rings is 1. The van der Waals surface area contributed by atoms with Crippen molar-refractivity contribution in [3.8, 4) is 0 Å². The molecule has 0 aliphatic carbocycles. The number of aliphatic hydroxyl groups excluding tert-OH is 2. The Morgan fingerprint density at radius 2 is 1.58 bits per heavy atom. The first-order valence-electron chi connectivity index (χ1n) is 4.10. The van der Waals surface area contributed by atoms with Crippen molar-refractivity contribution in [3.63, 3.8) is 0 Å². The fourth-order valence-corrected chi connectivity index (χ4v) is 0.583. The van der Waals surface area contributed by atoms with Gasteiger partial charge >= 0.3 is 0 Å². The van der Waals surface area contributed by atoms with Gasteiger partial charge in [-0.05, 0) is 12.0 Å². The van der Waals surface area contributed by atoms with Gasteiger partial charge in [-0.2, -0.15) is 0 Å². The van der Waals surface area contributed by atoms with Crippen molar-refractivity contribution in [3.05, 3.63) is 35.9 Å². The SMILES string of the molecule is CCCO.OCc1ccccc1. The van der Waals surface area contributed by atoms with Crippen molar-refractivity contribution >= 4 is 0 Å². The van der Waals surface area contributed by atoms with Gasteiger partial charge in [-0.1, -0.05) is 37.3 Å². The number of hydrogen-bond acceptors (Lipinski definition) is 2. The molecule has 0 heterocycles. The first-order valence-corrected chi connectivity index (χ1v) is 4.10. The van der Waals surface area contributed by atoms with E-state index in [1.807, 2.05) is 37.3 Å². The van der Waals surface area contributed by atoms with Gasteiger partial charge in [0.05, 0.1) is 6.61 Å². The highest BCUT2D eigenvalue weighted by atomic mass is 16.3. The Morgan fingerprint density at radius 1 is 1.08 bits per heavy atom. The van der Waals surface area contributed by atoms with Crippen molar-refractivity contribution in [2.24, 2.45) is 0 Å². The minimum atomic E-state index is 0.140. The minimum absolute atomic E-state index is 0.140. The molecule has 68 valence electrons. The van der Waals surface area contributed by atoms with Crippen molar-refractivity contribution in [1.82, 2.24) is 0 Å². The third-order valence-electron chi connectivity index (χ3n) is 1.25. The smallest absolute Gasteiger partial charge is 0.0681 e. The maximum atomic E-state index is 8.54. The largest absolute Gasteiger partial charge is 0.396 e. The van der Waals surface area contributed by atoms with E-state index in [9.17, 15) is 0 Å². The number of rotatable bonds is 2. The van der Waals surface area contributed by atoms with E-state index in [0.717, 1.165) is 12.0 Å². The molecule has 0 aliphatic rings. The molecule has 2 heteroatoms. The lowest BCUT2D eigenvalue weighted by Crippen LogP contribution is -1.77. The van der Waals surface area contributed by atoms with E-state index < -0.39 is 0 Å². The summed E-state index contributed by atoms with van der Waals surface area (Å²) in [5.74, 6) is 0. The molecule has 0 fully saturated rings. The van der Waals surface area contributed by atoms with Gasteiger partial charge in [-0.25, -0.2) is 0 Å². The molecule has 0 atom stereocenters. The Kier molecular flexibility index (Phi) is 7.65. The van der Waals surface area contributed by atoms with Gasteiger partial charge in [0.25, 0.3) is 0 Å². The third-order valence-corrected chi connectivity index (χ3v) is 1.25. The molecule has 0 aromatic heterocycles. The summed E-state index contributed by atoms with van der Waals surface area (Å²) in [5, 5.41) is 16.4. The molecule has 0 unspecified atom stereocenters. The summed E-state index contributed by atoms with van der Waals surface area (Å²) in [7, 11) is 0. The van der Waals surface area contributed by atoms with Gasteiger partial charge in [0.1, 0.15) is 0 Å². The summed E-state index contributed by atoms with van der Waals surface area (Å²) in [6, 6.07) is 9.52. The van der Waals surface area contributed by atoms with E-state index in [-0.39, 0.29) is 6.61 Å². The molecule has 1 aromatic rings. The minimum Gasteiger partial charge on any atom is -0.396 e. The normalized spacial score (nSPS) is 8.58. The summed E-state index contributed by atoms with van der Waals surface area (Å²) in [4.78, 5) is 0. The zero-order valence-electron chi connectivity index (χ0n) is 7.40. The average molecular weight is 168 g/mol. The molecule has 1 aromatic carbocycles. The van der Waals surface area contributed by atoms with Crippen LogP contribution in [0.15, 0.2) is 30.3 Å². The number of aliphatic hydroxyl groups is 2. The molecule has 1 rings (SSSR count). The monoisotopic (exact) mass is 168 g/mol. The van der Waals surface area contributed by atoms with E-state index >= 15 is 0 Å². The van der Waals surface area contributed by atoms with E-state index in [1.54, 1.807) is 0 Å². The van der Waals surface area contributed by atoms with Crippen LogP contribution in [0.4, 0.5) is 0 Å². The summed E-state index contributed by atoms with van der Waals surface area (Å²) in [6.07, 6.45) is 0.875. The van der Waals surface area contributed by atoms with Crippen LogP contribution in [0.3, 0.4) is 0 Å². The molecular formula is C10H16O2. The van der Waals surface area contributed by atoms with Crippen molar-refractivity contribution in [1.29, 1.82) is 0 Å². The molecule has 0 bridgehead atoms. The highest BCUT2D eigenvalue weighted by Crippen LogP contribution is 1.95. The van der Waals surface area contributed by atoms with E-state index in [1.165, 1.54) is 0 Å². The van der Waals surface area contributed by atoms with Crippen LogP contribution in [0.5, 0.6) is 0 Å². The Morgan fingerprint density at radius 3 is 1.83 bits per heavy atom. The Balaban J connectivity index is 0.000000261. The van der Waals surface area contributed by atoms with Crippen LogP contribution in [0, 0.1) is 0 Å². The lowest BCUT2D eigenvalue weighted by molar-refractivity contribution is 0.282. The number of hydrogen-bond donors (Lipinski definition) is 2. The maximum Gasteiger partial charge on any atom is 0.0681 e. The summed E-state index contributed by atoms with van der Waals surface area (Å²) < 4.78 is 0. The molecule has 0 amide bonds. The topological polar surface area (TPSA) is 40.5 Å². The van der Waals surface area contributed by atoms with E-state index in [2.05, 4.69) is 0 Å². The second kappa shape index (κ2) is 8.24. The zero-order valence-corrected chi connectivity index (χ0v) is 7.40. The van der Waals surface area contributed by atoms with Gasteiger partial charge in [-0.15, -0.1) is 0 Å². The molecule has 0 saturated heterocycles. The van der Waals surface area contributed by atoms with Crippen LogP contribution in [0.25, 0.3) is 0 Å². The van der Waals surface area contributed by atoms with Crippen LogP contribution >= 0.6 is 0 Å². The summed E-state index contributed by atoms with van der Waals surface area (Å²) in [6.45, 7) is 2.39. The zero-order chi connectivity index (χ0) is 9.23. The quantitative estimate of drug-likeness (QED) is 0.703. The highest BCUT2D eigenvalue weighted by molar-refractivity contribution is 5.12. The Hall–Kier alpha value is -0.860. The summed E-state index contributed by atoms with van der Waals surface area (Å²) >= 11 is 0. The fraction of sp³-hybridized carbons (Fsp3) is 0.400. The molecule has 0 spiro atoms. The standard InChI is InChI=1S/C7H8O.C3H8O/c8-6-7-4-2-1-3-5-7;1-2-3-4/h1-5,8H,6H2;4H,2-3H2,1H3.